The van der Waals surface area contributed by atoms with Crippen LogP contribution in [0.3, 0.4) is 0 Å². The van der Waals surface area contributed by atoms with Crippen LogP contribution in [0.15, 0.2) is 42.2 Å². The highest BCUT2D eigenvalue weighted by Gasteiger charge is 2.16. The Labute approximate surface area is 124 Å². The molecule has 6 heteroatoms. The normalized spacial score (nSPS) is 12.7. The van der Waals surface area contributed by atoms with E-state index in [1.807, 2.05) is 12.3 Å². The summed E-state index contributed by atoms with van der Waals surface area (Å²) in [6, 6.07) is 8.42. The van der Waals surface area contributed by atoms with Crippen LogP contribution in [-0.2, 0) is 6.54 Å². The van der Waals surface area contributed by atoms with E-state index in [0.29, 0.717) is 0 Å². The van der Waals surface area contributed by atoms with Crippen LogP contribution in [0, 0.1) is 0 Å². The Morgan fingerprint density at radius 2 is 2.26 bits per heavy atom. The number of hydrogen-bond acceptors (Lipinski definition) is 4. The first-order chi connectivity index (χ1) is 9.33. The van der Waals surface area contributed by atoms with Gasteiger partial charge >= 0.3 is 0 Å². The largest absolute Gasteiger partial charge is 0.347 e. The third-order valence-electron chi connectivity index (χ3n) is 2.76. The van der Waals surface area contributed by atoms with Crippen molar-refractivity contribution in [3.63, 3.8) is 0 Å². The number of thiophene rings is 2. The number of imidazole rings is 1. The molecule has 0 aliphatic carbocycles. The number of aromatic amines is 1. The smallest absolute Gasteiger partial charge is 0.0931 e. The molecule has 0 aliphatic rings. The fourth-order valence-electron chi connectivity index (χ4n) is 1.87. The lowest BCUT2D eigenvalue weighted by atomic mass is 10.2. The van der Waals surface area contributed by atoms with Crippen LogP contribution in [0.4, 0.5) is 0 Å². The third kappa shape index (κ3) is 3.06. The summed E-state index contributed by atoms with van der Waals surface area (Å²) in [5, 5.41) is 5.64. The van der Waals surface area contributed by atoms with Gasteiger partial charge in [-0.3, -0.25) is 5.32 Å². The van der Waals surface area contributed by atoms with Gasteiger partial charge in [0.1, 0.15) is 0 Å². The molecule has 0 aromatic carbocycles. The number of rotatable bonds is 5. The lowest BCUT2D eigenvalue weighted by Gasteiger charge is -2.15. The van der Waals surface area contributed by atoms with Crippen molar-refractivity contribution in [2.24, 2.45) is 0 Å². The molecule has 3 heterocycles. The minimum atomic E-state index is 0.181. The van der Waals surface area contributed by atoms with E-state index in [4.69, 9.17) is 11.6 Å². The molecule has 0 radical (unpaired) electrons. The zero-order chi connectivity index (χ0) is 13.1. The van der Waals surface area contributed by atoms with Crippen molar-refractivity contribution in [2.75, 3.05) is 0 Å². The summed E-state index contributed by atoms with van der Waals surface area (Å²) >= 11 is 9.41. The predicted molar refractivity (Wildman–Crippen MR) is 80.9 cm³/mol. The van der Waals surface area contributed by atoms with Crippen LogP contribution >= 0.6 is 34.3 Å². The van der Waals surface area contributed by atoms with Gasteiger partial charge in [0.15, 0.2) is 0 Å². The summed E-state index contributed by atoms with van der Waals surface area (Å²) in [6.07, 6.45) is 3.53. The van der Waals surface area contributed by atoms with Gasteiger partial charge in [-0.25, -0.2) is 4.98 Å². The first kappa shape index (κ1) is 12.9. The predicted octanol–water partition coefficient (Wildman–Crippen LogP) is 4.07. The van der Waals surface area contributed by atoms with Gasteiger partial charge in [0.2, 0.25) is 0 Å². The molecule has 3 rings (SSSR count). The lowest BCUT2D eigenvalue weighted by molar-refractivity contribution is 0.614. The van der Waals surface area contributed by atoms with E-state index in [0.717, 1.165) is 16.6 Å². The van der Waals surface area contributed by atoms with E-state index in [2.05, 4.69) is 38.9 Å². The molecule has 0 saturated heterocycles. The first-order valence-corrected chi connectivity index (χ1v) is 7.89. The quantitative estimate of drug-likeness (QED) is 0.746. The standard InChI is InChI=1S/C13H12ClN3S2/c14-12-4-3-11(19-12)13(10-2-1-5-18-10)16-7-9-6-15-8-17-9/h1-6,8,13,16H,7H2,(H,15,17). The molecule has 3 aromatic heterocycles. The lowest BCUT2D eigenvalue weighted by Crippen LogP contribution is -2.20. The zero-order valence-electron chi connectivity index (χ0n) is 9.97. The minimum absolute atomic E-state index is 0.181. The molecule has 1 unspecified atom stereocenters. The maximum absolute atomic E-state index is 6.04. The summed E-state index contributed by atoms with van der Waals surface area (Å²) in [5.41, 5.74) is 1.07. The summed E-state index contributed by atoms with van der Waals surface area (Å²) in [7, 11) is 0. The second-order valence-corrected chi connectivity index (χ2v) is 6.77. The van der Waals surface area contributed by atoms with Gasteiger partial charge in [-0.1, -0.05) is 17.7 Å². The molecule has 19 heavy (non-hydrogen) atoms. The molecule has 3 nitrogen and oxygen atoms in total. The minimum Gasteiger partial charge on any atom is -0.347 e. The van der Waals surface area contributed by atoms with Crippen molar-refractivity contribution in [2.45, 2.75) is 12.6 Å². The molecular weight excluding hydrogens is 298 g/mol. The van der Waals surface area contributed by atoms with Crippen LogP contribution in [0.1, 0.15) is 21.5 Å². The summed E-state index contributed by atoms with van der Waals surface area (Å²) in [6.45, 7) is 0.748. The highest BCUT2D eigenvalue weighted by atomic mass is 35.5. The Bertz CT molecular complexity index is 616. The topological polar surface area (TPSA) is 40.7 Å². The Hall–Kier alpha value is -1.14. The van der Waals surface area contributed by atoms with Crippen molar-refractivity contribution in [1.82, 2.24) is 15.3 Å². The molecule has 98 valence electrons. The molecular formula is C13H12ClN3S2. The number of nitrogens with zero attached hydrogens (tertiary/aromatic N) is 1. The van der Waals surface area contributed by atoms with Crippen LogP contribution in [0.2, 0.25) is 4.34 Å². The number of hydrogen-bond donors (Lipinski definition) is 2. The highest BCUT2D eigenvalue weighted by Crippen LogP contribution is 2.33. The van der Waals surface area contributed by atoms with Gasteiger partial charge in [-0.2, -0.15) is 0 Å². The molecule has 0 aliphatic heterocycles. The molecule has 0 spiro atoms. The van der Waals surface area contributed by atoms with E-state index in [9.17, 15) is 0 Å². The SMILES string of the molecule is Clc1ccc(C(NCc2cnc[nH]2)c2cccs2)s1. The molecule has 0 saturated carbocycles. The van der Waals surface area contributed by atoms with E-state index >= 15 is 0 Å². The van der Waals surface area contributed by atoms with Gasteiger partial charge in [0.25, 0.3) is 0 Å². The average Bonchev–Trinajstić information content (AvgIpc) is 3.11. The maximum atomic E-state index is 6.04. The van der Waals surface area contributed by atoms with Crippen molar-refractivity contribution in [3.8, 4) is 0 Å². The van der Waals surface area contributed by atoms with Crippen LogP contribution in [0.25, 0.3) is 0 Å². The first-order valence-electron chi connectivity index (χ1n) is 5.82. The van der Waals surface area contributed by atoms with Crippen LogP contribution < -0.4 is 5.32 Å². The van der Waals surface area contributed by atoms with E-state index in [1.54, 1.807) is 29.0 Å². The van der Waals surface area contributed by atoms with E-state index in [-0.39, 0.29) is 6.04 Å². The maximum Gasteiger partial charge on any atom is 0.0931 e. The Balaban J connectivity index is 1.80. The summed E-state index contributed by atoms with van der Waals surface area (Å²) < 4.78 is 0.819. The van der Waals surface area contributed by atoms with E-state index < -0.39 is 0 Å². The molecule has 0 fully saturated rings. The second kappa shape index (κ2) is 5.88. The fourth-order valence-corrected chi connectivity index (χ4v) is 3.92. The Morgan fingerprint density at radius 3 is 2.89 bits per heavy atom. The molecule has 1 atom stereocenters. The van der Waals surface area contributed by atoms with Gasteiger partial charge in [-0.05, 0) is 23.6 Å². The molecule has 3 aromatic rings. The van der Waals surface area contributed by atoms with Crippen molar-refractivity contribution >= 4 is 34.3 Å². The highest BCUT2D eigenvalue weighted by molar-refractivity contribution is 7.16. The number of aromatic nitrogens is 2. The molecule has 0 amide bonds. The average molecular weight is 310 g/mol. The second-order valence-electron chi connectivity index (χ2n) is 4.05. The molecule has 2 N–H and O–H groups in total. The monoisotopic (exact) mass is 309 g/mol. The third-order valence-corrected chi connectivity index (χ3v) is 4.99. The number of nitrogens with one attached hydrogen (secondary N) is 2. The Kier molecular flexibility index (Phi) is 3.98. The van der Waals surface area contributed by atoms with Crippen LogP contribution in [0.5, 0.6) is 0 Å². The summed E-state index contributed by atoms with van der Waals surface area (Å²) in [4.78, 5) is 9.65. The van der Waals surface area contributed by atoms with Crippen molar-refractivity contribution in [1.29, 1.82) is 0 Å². The van der Waals surface area contributed by atoms with Crippen molar-refractivity contribution in [3.05, 3.63) is 62.0 Å². The Morgan fingerprint density at radius 1 is 1.32 bits per heavy atom. The van der Waals surface area contributed by atoms with Crippen molar-refractivity contribution < 1.29 is 0 Å². The fraction of sp³-hybridized carbons (Fsp3) is 0.154. The van der Waals surface area contributed by atoms with Gasteiger partial charge in [0, 0.05) is 28.2 Å². The van der Waals surface area contributed by atoms with E-state index in [1.165, 1.54) is 9.75 Å². The zero-order valence-corrected chi connectivity index (χ0v) is 12.4. The van der Waals surface area contributed by atoms with Crippen LogP contribution in [-0.4, -0.2) is 9.97 Å². The van der Waals surface area contributed by atoms with Gasteiger partial charge < -0.3 is 4.98 Å². The molecule has 0 bridgehead atoms. The number of halogens is 1. The summed E-state index contributed by atoms with van der Waals surface area (Å²) in [5.74, 6) is 0. The number of H-pyrrole nitrogens is 1. The van der Waals surface area contributed by atoms with Gasteiger partial charge in [-0.15, -0.1) is 22.7 Å². The van der Waals surface area contributed by atoms with Gasteiger partial charge in [0.05, 0.1) is 16.7 Å².